The van der Waals surface area contributed by atoms with Crippen LogP contribution in [-0.2, 0) is 0 Å². The molecule has 0 aliphatic rings. The van der Waals surface area contributed by atoms with Crippen LogP contribution in [0.25, 0.3) is 0 Å². The van der Waals surface area contributed by atoms with E-state index in [2.05, 4.69) is 37.2 Å². The van der Waals surface area contributed by atoms with Gasteiger partial charge in [0.05, 0.1) is 15.7 Å². The normalized spacial score (nSPS) is 10.1. The molecule has 2 aromatic rings. The quantitative estimate of drug-likeness (QED) is 0.766. The van der Waals surface area contributed by atoms with Gasteiger partial charge in [-0.2, -0.15) is 5.26 Å². The van der Waals surface area contributed by atoms with Crippen LogP contribution in [0.3, 0.4) is 0 Å². The Bertz CT molecular complexity index is 678. The Morgan fingerprint density at radius 3 is 2.58 bits per heavy atom. The zero-order chi connectivity index (χ0) is 14.0. The topological polar surface area (TPSA) is 35.8 Å². The average Bonchev–Trinajstić information content (AvgIpc) is 2.39. The van der Waals surface area contributed by atoms with E-state index in [1.54, 1.807) is 12.1 Å². The second kappa shape index (κ2) is 5.72. The highest BCUT2D eigenvalue weighted by Crippen LogP contribution is 2.30. The second-order valence-corrected chi connectivity index (χ2v) is 5.69. The maximum Gasteiger partial charge on any atom is 0.162 e. The lowest BCUT2D eigenvalue weighted by atomic mass is 10.1. The van der Waals surface area contributed by atoms with Crippen LogP contribution in [0.5, 0.6) is 0 Å². The summed E-state index contributed by atoms with van der Waals surface area (Å²) in [6, 6.07) is 10.8. The summed E-state index contributed by atoms with van der Waals surface area (Å²) in [5.41, 5.74) is 2.41. The number of nitrogens with zero attached hydrogens (tertiary/aromatic N) is 1. The third-order valence-electron chi connectivity index (χ3n) is 2.67. The Labute approximate surface area is 127 Å². The highest BCUT2D eigenvalue weighted by atomic mass is 79.9. The molecule has 0 unspecified atom stereocenters. The van der Waals surface area contributed by atoms with Gasteiger partial charge in [0.1, 0.15) is 6.07 Å². The van der Waals surface area contributed by atoms with Gasteiger partial charge < -0.3 is 5.32 Å². The van der Waals surface area contributed by atoms with E-state index in [9.17, 15) is 4.39 Å². The van der Waals surface area contributed by atoms with Gasteiger partial charge in [0.15, 0.2) is 5.82 Å². The van der Waals surface area contributed by atoms with Crippen molar-refractivity contribution in [3.63, 3.8) is 0 Å². The fraction of sp³-hybridized carbons (Fsp3) is 0.0714. The van der Waals surface area contributed by atoms with Crippen molar-refractivity contribution in [1.29, 1.82) is 5.26 Å². The molecular formula is C14H9Br2FN2. The van der Waals surface area contributed by atoms with E-state index in [1.807, 2.05) is 31.2 Å². The number of hydrogen-bond donors (Lipinski definition) is 1. The molecule has 5 heteroatoms. The molecule has 0 fully saturated rings. The van der Waals surface area contributed by atoms with E-state index in [4.69, 9.17) is 5.26 Å². The molecule has 0 aliphatic carbocycles. The lowest BCUT2D eigenvalue weighted by Crippen LogP contribution is -1.97. The zero-order valence-electron chi connectivity index (χ0n) is 9.97. The van der Waals surface area contributed by atoms with Crippen molar-refractivity contribution in [1.82, 2.24) is 0 Å². The lowest BCUT2D eigenvalue weighted by Gasteiger charge is -2.12. The van der Waals surface area contributed by atoms with Gasteiger partial charge in [-0.05, 0) is 52.7 Å². The van der Waals surface area contributed by atoms with E-state index in [0.29, 0.717) is 5.69 Å². The molecule has 0 aliphatic heterocycles. The molecule has 2 aromatic carbocycles. The van der Waals surface area contributed by atoms with Crippen LogP contribution in [0.15, 0.2) is 39.3 Å². The molecule has 0 saturated heterocycles. The van der Waals surface area contributed by atoms with Crippen molar-refractivity contribution in [2.75, 3.05) is 5.32 Å². The highest BCUT2D eigenvalue weighted by Gasteiger charge is 2.12. The molecule has 0 amide bonds. The van der Waals surface area contributed by atoms with Crippen molar-refractivity contribution in [2.45, 2.75) is 6.92 Å². The fourth-order valence-electron chi connectivity index (χ4n) is 1.61. The third kappa shape index (κ3) is 2.96. The van der Waals surface area contributed by atoms with Crippen molar-refractivity contribution in [3.05, 3.63) is 56.2 Å². The maximum atomic E-state index is 14.1. The first-order valence-corrected chi connectivity index (χ1v) is 7.03. The van der Waals surface area contributed by atoms with Crippen molar-refractivity contribution < 1.29 is 4.39 Å². The molecule has 0 spiro atoms. The van der Waals surface area contributed by atoms with E-state index >= 15 is 0 Å². The number of benzene rings is 2. The van der Waals surface area contributed by atoms with Crippen molar-refractivity contribution in [3.8, 4) is 6.07 Å². The van der Waals surface area contributed by atoms with Crippen LogP contribution in [0.2, 0.25) is 0 Å². The number of nitrogens with one attached hydrogen (secondary N) is 1. The molecule has 96 valence electrons. The SMILES string of the molecule is Cc1ccc(Br)cc1Nc1ccc(C#N)c(Br)c1F. The molecule has 1 N–H and O–H groups in total. The molecule has 0 radical (unpaired) electrons. The van der Waals surface area contributed by atoms with Crippen LogP contribution in [-0.4, -0.2) is 0 Å². The predicted molar refractivity (Wildman–Crippen MR) is 81.0 cm³/mol. The summed E-state index contributed by atoms with van der Waals surface area (Å²) >= 11 is 6.47. The fourth-order valence-corrected chi connectivity index (χ4v) is 2.40. The Kier molecular flexibility index (Phi) is 4.23. The Morgan fingerprint density at radius 2 is 1.89 bits per heavy atom. The molecule has 19 heavy (non-hydrogen) atoms. The molecule has 0 heterocycles. The van der Waals surface area contributed by atoms with E-state index in [-0.39, 0.29) is 10.0 Å². The Morgan fingerprint density at radius 1 is 1.16 bits per heavy atom. The monoisotopic (exact) mass is 382 g/mol. The van der Waals surface area contributed by atoms with E-state index in [1.165, 1.54) is 0 Å². The van der Waals surface area contributed by atoms with Gasteiger partial charge in [-0.25, -0.2) is 4.39 Å². The number of anilines is 2. The summed E-state index contributed by atoms with van der Waals surface area (Å²) in [5.74, 6) is -0.474. The first kappa shape index (κ1) is 14.0. The summed E-state index contributed by atoms with van der Waals surface area (Å²) < 4.78 is 15.2. The van der Waals surface area contributed by atoms with Crippen LogP contribution >= 0.6 is 31.9 Å². The van der Waals surface area contributed by atoms with Crippen LogP contribution in [0.1, 0.15) is 11.1 Å². The van der Waals surface area contributed by atoms with Gasteiger partial charge in [-0.3, -0.25) is 0 Å². The lowest BCUT2D eigenvalue weighted by molar-refractivity contribution is 0.624. The van der Waals surface area contributed by atoms with E-state index < -0.39 is 5.82 Å². The van der Waals surface area contributed by atoms with Gasteiger partial charge in [0, 0.05) is 10.2 Å². The maximum absolute atomic E-state index is 14.1. The summed E-state index contributed by atoms with van der Waals surface area (Å²) in [6.45, 7) is 1.94. The smallest absolute Gasteiger partial charge is 0.162 e. The van der Waals surface area contributed by atoms with E-state index in [0.717, 1.165) is 15.7 Å². The standard InChI is InChI=1S/C14H9Br2FN2/c1-8-2-4-10(15)6-12(8)19-11-5-3-9(7-18)13(16)14(11)17/h2-6,19H,1H3. The third-order valence-corrected chi connectivity index (χ3v) is 3.94. The first-order chi connectivity index (χ1) is 9.02. The minimum Gasteiger partial charge on any atom is -0.353 e. The summed E-state index contributed by atoms with van der Waals surface area (Å²) in [4.78, 5) is 0. The zero-order valence-corrected chi connectivity index (χ0v) is 13.1. The molecule has 0 atom stereocenters. The molecule has 0 saturated carbocycles. The summed E-state index contributed by atoms with van der Waals surface area (Å²) in [5, 5.41) is 11.9. The van der Waals surface area contributed by atoms with Gasteiger partial charge >= 0.3 is 0 Å². The van der Waals surface area contributed by atoms with Crippen LogP contribution in [0.4, 0.5) is 15.8 Å². The van der Waals surface area contributed by atoms with Gasteiger partial charge in [-0.1, -0.05) is 22.0 Å². The second-order valence-electron chi connectivity index (χ2n) is 3.98. The minimum absolute atomic E-state index is 0.174. The molecular weight excluding hydrogens is 375 g/mol. The molecule has 0 bridgehead atoms. The number of halogens is 3. The highest BCUT2D eigenvalue weighted by molar-refractivity contribution is 9.10. The number of rotatable bonds is 2. The van der Waals surface area contributed by atoms with Gasteiger partial charge in [0.2, 0.25) is 0 Å². The Balaban J connectivity index is 2.42. The molecule has 2 nitrogen and oxygen atoms in total. The largest absolute Gasteiger partial charge is 0.353 e. The Hall–Kier alpha value is -1.38. The molecule has 0 aromatic heterocycles. The van der Waals surface area contributed by atoms with Crippen LogP contribution < -0.4 is 5.32 Å². The predicted octanol–water partition coefficient (Wildman–Crippen LogP) is 5.27. The van der Waals surface area contributed by atoms with Gasteiger partial charge in [0.25, 0.3) is 0 Å². The first-order valence-electron chi connectivity index (χ1n) is 5.44. The average molecular weight is 384 g/mol. The van der Waals surface area contributed by atoms with Crippen LogP contribution in [0, 0.1) is 24.1 Å². The summed E-state index contributed by atoms with van der Waals surface area (Å²) in [6.07, 6.45) is 0. The molecule has 2 rings (SSSR count). The van der Waals surface area contributed by atoms with Gasteiger partial charge in [-0.15, -0.1) is 0 Å². The van der Waals surface area contributed by atoms with Crippen molar-refractivity contribution >= 4 is 43.2 Å². The summed E-state index contributed by atoms with van der Waals surface area (Å²) in [7, 11) is 0. The number of aryl methyl sites for hydroxylation is 1. The van der Waals surface area contributed by atoms with Crippen molar-refractivity contribution in [2.24, 2.45) is 0 Å². The number of hydrogen-bond acceptors (Lipinski definition) is 2. The number of nitriles is 1. The minimum atomic E-state index is -0.474.